The van der Waals surface area contributed by atoms with Crippen LogP contribution in [-0.2, 0) is 16.0 Å². The molecule has 0 aromatic carbocycles. The molecule has 0 spiro atoms. The van der Waals surface area contributed by atoms with Gasteiger partial charge in [0.15, 0.2) is 0 Å². The van der Waals surface area contributed by atoms with Crippen molar-refractivity contribution >= 4 is 11.9 Å². The number of carboxylic acids is 1. The van der Waals surface area contributed by atoms with E-state index in [1.165, 1.54) is 0 Å². The zero-order chi connectivity index (χ0) is 14.4. The van der Waals surface area contributed by atoms with E-state index in [0.29, 0.717) is 0 Å². The molecule has 2 N–H and O–H groups in total. The fourth-order valence-corrected chi connectivity index (χ4v) is 1.75. The Morgan fingerprint density at radius 2 is 2.11 bits per heavy atom. The monoisotopic (exact) mass is 264 g/mol. The van der Waals surface area contributed by atoms with Gasteiger partial charge in [0.25, 0.3) is 0 Å². The van der Waals surface area contributed by atoms with Crippen molar-refractivity contribution in [3.63, 3.8) is 0 Å². The summed E-state index contributed by atoms with van der Waals surface area (Å²) in [5.74, 6) is -1.67. The lowest BCUT2D eigenvalue weighted by molar-refractivity contribution is -0.143. The maximum absolute atomic E-state index is 11.8. The number of aryl methyl sites for hydroxylation is 1. The molecular weight excluding hydrogens is 244 g/mol. The minimum atomic E-state index is -0.885. The van der Waals surface area contributed by atoms with Crippen LogP contribution in [0, 0.1) is 18.8 Å². The number of carbonyl (C=O) groups is 2. The summed E-state index contributed by atoms with van der Waals surface area (Å²) >= 11 is 0. The second kappa shape index (κ2) is 6.87. The molecule has 104 valence electrons. The van der Waals surface area contributed by atoms with Crippen LogP contribution >= 0.6 is 0 Å². The van der Waals surface area contributed by atoms with Crippen LogP contribution in [0.5, 0.6) is 0 Å². The third-order valence-corrected chi connectivity index (χ3v) is 3.09. The summed E-state index contributed by atoms with van der Waals surface area (Å²) in [5.41, 5.74) is 1.67. The first-order valence-corrected chi connectivity index (χ1v) is 6.31. The van der Waals surface area contributed by atoms with Gasteiger partial charge in [-0.25, -0.2) is 0 Å². The van der Waals surface area contributed by atoms with Crippen LogP contribution in [0.15, 0.2) is 18.3 Å². The molecule has 0 aliphatic heterocycles. The van der Waals surface area contributed by atoms with E-state index >= 15 is 0 Å². The summed E-state index contributed by atoms with van der Waals surface area (Å²) in [6.45, 7) is 5.70. The number of nitrogens with zero attached hydrogens (tertiary/aromatic N) is 1. The smallest absolute Gasteiger partial charge is 0.308 e. The van der Waals surface area contributed by atoms with E-state index in [2.05, 4.69) is 10.3 Å². The Hall–Kier alpha value is -1.91. The maximum Gasteiger partial charge on any atom is 0.308 e. The van der Waals surface area contributed by atoms with Gasteiger partial charge in [0, 0.05) is 12.7 Å². The maximum atomic E-state index is 11.8. The van der Waals surface area contributed by atoms with E-state index in [4.69, 9.17) is 5.11 Å². The van der Waals surface area contributed by atoms with Crippen LogP contribution in [0.4, 0.5) is 0 Å². The molecule has 1 unspecified atom stereocenters. The van der Waals surface area contributed by atoms with Crippen LogP contribution in [0.3, 0.4) is 0 Å². The van der Waals surface area contributed by atoms with E-state index in [1.54, 1.807) is 6.20 Å². The van der Waals surface area contributed by atoms with Gasteiger partial charge in [-0.2, -0.15) is 0 Å². The summed E-state index contributed by atoms with van der Waals surface area (Å²) in [6.07, 6.45) is 1.82. The van der Waals surface area contributed by atoms with E-state index in [-0.39, 0.29) is 24.8 Å². The van der Waals surface area contributed by atoms with Gasteiger partial charge < -0.3 is 10.4 Å². The van der Waals surface area contributed by atoms with E-state index < -0.39 is 11.9 Å². The Bertz CT molecular complexity index is 458. The summed E-state index contributed by atoms with van der Waals surface area (Å²) in [6, 6.07) is 3.71. The summed E-state index contributed by atoms with van der Waals surface area (Å²) in [5, 5.41) is 11.7. The van der Waals surface area contributed by atoms with Crippen molar-refractivity contribution in [1.82, 2.24) is 10.3 Å². The molecule has 1 heterocycles. The second-order valence-electron chi connectivity index (χ2n) is 4.94. The number of pyridine rings is 1. The minimum absolute atomic E-state index is 0.0191. The lowest BCUT2D eigenvalue weighted by atomic mass is 9.96. The van der Waals surface area contributed by atoms with Crippen LogP contribution in [-0.4, -0.2) is 28.5 Å². The number of amides is 1. The zero-order valence-corrected chi connectivity index (χ0v) is 11.5. The largest absolute Gasteiger partial charge is 0.481 e. The van der Waals surface area contributed by atoms with Gasteiger partial charge in [0.2, 0.25) is 5.91 Å². The van der Waals surface area contributed by atoms with Gasteiger partial charge in [-0.3, -0.25) is 14.6 Å². The zero-order valence-electron chi connectivity index (χ0n) is 11.5. The van der Waals surface area contributed by atoms with E-state index in [0.717, 1.165) is 11.3 Å². The third-order valence-electron chi connectivity index (χ3n) is 3.09. The number of hydrogen-bond donors (Lipinski definition) is 2. The number of aliphatic carboxylic acids is 1. The SMILES string of the molecule is Cc1cccnc1CC(=O)NCC(C(=O)O)C(C)C. The first kappa shape index (κ1) is 15.1. The summed E-state index contributed by atoms with van der Waals surface area (Å²) < 4.78 is 0. The predicted molar refractivity (Wildman–Crippen MR) is 71.7 cm³/mol. The van der Waals surface area contributed by atoms with Gasteiger partial charge in [-0.15, -0.1) is 0 Å². The molecule has 0 aliphatic carbocycles. The average Bonchev–Trinajstić information content (AvgIpc) is 2.31. The second-order valence-corrected chi connectivity index (χ2v) is 4.94. The molecule has 19 heavy (non-hydrogen) atoms. The first-order valence-electron chi connectivity index (χ1n) is 6.31. The number of aromatic nitrogens is 1. The summed E-state index contributed by atoms with van der Waals surface area (Å²) in [4.78, 5) is 26.9. The van der Waals surface area contributed by atoms with Crippen molar-refractivity contribution in [3.05, 3.63) is 29.6 Å². The molecular formula is C14H20N2O3. The van der Waals surface area contributed by atoms with E-state index in [9.17, 15) is 9.59 Å². The van der Waals surface area contributed by atoms with Gasteiger partial charge in [-0.05, 0) is 24.5 Å². The quantitative estimate of drug-likeness (QED) is 0.814. The Balaban J connectivity index is 2.52. The van der Waals surface area contributed by atoms with Crippen LogP contribution in [0.2, 0.25) is 0 Å². The Kier molecular flexibility index (Phi) is 5.48. The van der Waals surface area contributed by atoms with Gasteiger partial charge in [0.1, 0.15) is 0 Å². The molecule has 5 nitrogen and oxygen atoms in total. The normalized spacial score (nSPS) is 12.2. The molecule has 0 saturated heterocycles. The molecule has 1 aromatic rings. The van der Waals surface area contributed by atoms with Crippen LogP contribution in [0.1, 0.15) is 25.1 Å². The molecule has 0 radical (unpaired) electrons. The lowest BCUT2D eigenvalue weighted by Crippen LogP contribution is -2.36. The average molecular weight is 264 g/mol. The Morgan fingerprint density at radius 3 is 2.63 bits per heavy atom. The highest BCUT2D eigenvalue weighted by Crippen LogP contribution is 2.10. The molecule has 0 fully saturated rings. The topological polar surface area (TPSA) is 79.3 Å². The number of carbonyl (C=O) groups excluding carboxylic acids is 1. The van der Waals surface area contributed by atoms with Crippen molar-refractivity contribution in [3.8, 4) is 0 Å². The number of nitrogens with one attached hydrogen (secondary N) is 1. The third kappa shape index (κ3) is 4.69. The predicted octanol–water partition coefficient (Wildman–Crippen LogP) is 1.41. The minimum Gasteiger partial charge on any atom is -0.481 e. The molecule has 1 aromatic heterocycles. The number of hydrogen-bond acceptors (Lipinski definition) is 3. The highest BCUT2D eigenvalue weighted by Gasteiger charge is 2.22. The molecule has 5 heteroatoms. The van der Waals surface area contributed by atoms with Crippen LogP contribution in [0.25, 0.3) is 0 Å². The molecule has 1 rings (SSSR count). The molecule has 0 aliphatic rings. The van der Waals surface area contributed by atoms with Gasteiger partial charge in [0.05, 0.1) is 18.0 Å². The fourth-order valence-electron chi connectivity index (χ4n) is 1.75. The highest BCUT2D eigenvalue weighted by molar-refractivity contribution is 5.79. The summed E-state index contributed by atoms with van der Waals surface area (Å²) in [7, 11) is 0. The Labute approximate surface area is 113 Å². The molecule has 1 amide bonds. The molecule has 1 atom stereocenters. The first-order chi connectivity index (χ1) is 8.91. The molecule has 0 saturated carbocycles. The number of rotatable bonds is 6. The van der Waals surface area contributed by atoms with E-state index in [1.807, 2.05) is 32.9 Å². The standard InChI is InChI=1S/C14H20N2O3/c1-9(2)11(14(18)19)8-16-13(17)7-12-10(3)5-4-6-15-12/h4-6,9,11H,7-8H2,1-3H3,(H,16,17)(H,18,19). The Morgan fingerprint density at radius 1 is 1.42 bits per heavy atom. The van der Waals surface area contributed by atoms with Gasteiger partial charge in [-0.1, -0.05) is 19.9 Å². The highest BCUT2D eigenvalue weighted by atomic mass is 16.4. The lowest BCUT2D eigenvalue weighted by Gasteiger charge is -2.16. The van der Waals surface area contributed by atoms with Crippen LogP contribution < -0.4 is 5.32 Å². The van der Waals surface area contributed by atoms with Crippen molar-refractivity contribution in [2.45, 2.75) is 27.2 Å². The van der Waals surface area contributed by atoms with Crippen molar-refractivity contribution in [1.29, 1.82) is 0 Å². The number of carboxylic acid groups (broad SMARTS) is 1. The van der Waals surface area contributed by atoms with Gasteiger partial charge >= 0.3 is 5.97 Å². The van der Waals surface area contributed by atoms with Crippen molar-refractivity contribution < 1.29 is 14.7 Å². The molecule has 0 bridgehead atoms. The van der Waals surface area contributed by atoms with Crippen molar-refractivity contribution in [2.24, 2.45) is 11.8 Å². The fraction of sp³-hybridized carbons (Fsp3) is 0.500. The van der Waals surface area contributed by atoms with Crippen molar-refractivity contribution in [2.75, 3.05) is 6.54 Å².